The lowest BCUT2D eigenvalue weighted by molar-refractivity contribution is -0.146. The molecule has 1 aliphatic rings. The molecule has 3 aromatic rings. The lowest BCUT2D eigenvalue weighted by atomic mass is 10.1. The van der Waals surface area contributed by atoms with Gasteiger partial charge in [-0.3, -0.25) is 14.4 Å². The van der Waals surface area contributed by atoms with E-state index in [1.54, 1.807) is 23.0 Å². The van der Waals surface area contributed by atoms with Gasteiger partial charge in [0.25, 0.3) is 5.91 Å². The number of aryl methyl sites for hydroxylation is 1. The van der Waals surface area contributed by atoms with Crippen LogP contribution in [0.3, 0.4) is 0 Å². The third-order valence-corrected chi connectivity index (χ3v) is 6.39. The first-order valence-corrected chi connectivity index (χ1v) is 11.7. The molecule has 0 aliphatic carbocycles. The number of hydrogen-bond donors (Lipinski definition) is 0. The first kappa shape index (κ1) is 23.6. The van der Waals surface area contributed by atoms with Gasteiger partial charge in [-0.2, -0.15) is 0 Å². The number of furan rings is 1. The van der Waals surface area contributed by atoms with E-state index in [0.29, 0.717) is 44.2 Å². The van der Waals surface area contributed by atoms with Gasteiger partial charge in [-0.1, -0.05) is 24.3 Å². The summed E-state index contributed by atoms with van der Waals surface area (Å²) in [4.78, 5) is 41.3. The molecule has 1 unspecified atom stereocenters. The molecule has 180 valence electrons. The number of esters is 1. The molecular weight excluding hydrogens is 434 g/mol. The highest BCUT2D eigenvalue weighted by Gasteiger charge is 2.32. The topological polar surface area (TPSA) is 85.0 Å². The largest absolute Gasteiger partial charge is 0.466 e. The summed E-state index contributed by atoms with van der Waals surface area (Å²) in [6.07, 6.45) is 1.83. The van der Waals surface area contributed by atoms with Crippen molar-refractivity contribution >= 4 is 28.9 Å². The number of amides is 2. The fourth-order valence-electron chi connectivity index (χ4n) is 4.53. The molecule has 4 rings (SSSR count). The fraction of sp³-hybridized carbons (Fsp3) is 0.423. The SMILES string of the molecule is CCOC(=O)CCC(=O)N1CCN(C(=O)c2cc3ccoc3n2Cc2ccccc2C)CC1C. The Bertz CT molecular complexity index is 1190. The van der Waals surface area contributed by atoms with Gasteiger partial charge in [0.15, 0.2) is 0 Å². The molecule has 1 atom stereocenters. The Balaban J connectivity index is 1.47. The number of hydrogen-bond acceptors (Lipinski definition) is 5. The Morgan fingerprint density at radius 3 is 2.65 bits per heavy atom. The Kier molecular flexibility index (Phi) is 7.05. The van der Waals surface area contributed by atoms with Gasteiger partial charge in [0.2, 0.25) is 11.6 Å². The number of carbonyl (C=O) groups is 3. The van der Waals surface area contributed by atoms with Gasteiger partial charge < -0.3 is 23.5 Å². The summed E-state index contributed by atoms with van der Waals surface area (Å²) in [5.74, 6) is -0.533. The second kappa shape index (κ2) is 10.2. The van der Waals surface area contributed by atoms with Gasteiger partial charge in [-0.25, -0.2) is 0 Å². The van der Waals surface area contributed by atoms with E-state index in [9.17, 15) is 14.4 Å². The van der Waals surface area contributed by atoms with E-state index in [2.05, 4.69) is 19.1 Å². The molecule has 1 aromatic carbocycles. The number of benzene rings is 1. The normalized spacial score (nSPS) is 16.1. The van der Waals surface area contributed by atoms with Crippen molar-refractivity contribution in [2.45, 2.75) is 46.2 Å². The molecule has 0 radical (unpaired) electrons. The number of ether oxygens (including phenoxy) is 1. The van der Waals surface area contributed by atoms with Crippen LogP contribution in [0.15, 0.2) is 47.1 Å². The van der Waals surface area contributed by atoms with Crippen molar-refractivity contribution < 1.29 is 23.5 Å². The van der Waals surface area contributed by atoms with E-state index in [4.69, 9.17) is 9.15 Å². The van der Waals surface area contributed by atoms with Crippen molar-refractivity contribution in [3.05, 3.63) is 59.5 Å². The molecule has 1 aliphatic heterocycles. The van der Waals surface area contributed by atoms with E-state index in [1.165, 1.54) is 0 Å². The minimum Gasteiger partial charge on any atom is -0.466 e. The molecule has 3 heterocycles. The van der Waals surface area contributed by atoms with Crippen LogP contribution in [0.5, 0.6) is 0 Å². The molecule has 8 heteroatoms. The van der Waals surface area contributed by atoms with E-state index < -0.39 is 0 Å². The Morgan fingerprint density at radius 1 is 1.12 bits per heavy atom. The number of nitrogens with zero attached hydrogens (tertiary/aromatic N) is 3. The standard InChI is InChI=1S/C26H31N3O5/c1-4-33-24(31)10-9-23(30)28-13-12-27(16-19(28)3)25(32)22-15-20-11-14-34-26(20)29(22)17-21-8-6-5-7-18(21)2/h5-8,11,14-15,19H,4,9-10,12-13,16-17H2,1-3H3. The third-order valence-electron chi connectivity index (χ3n) is 6.39. The molecule has 1 saturated heterocycles. The third kappa shape index (κ3) is 4.85. The lowest BCUT2D eigenvalue weighted by Gasteiger charge is -2.40. The van der Waals surface area contributed by atoms with Crippen LogP contribution < -0.4 is 0 Å². The molecule has 0 spiro atoms. The molecule has 2 amide bonds. The maximum Gasteiger partial charge on any atom is 0.306 e. The van der Waals surface area contributed by atoms with Gasteiger partial charge in [-0.05, 0) is 44.0 Å². The molecule has 1 fully saturated rings. The van der Waals surface area contributed by atoms with Crippen LogP contribution in [0.2, 0.25) is 0 Å². The van der Waals surface area contributed by atoms with Crippen molar-refractivity contribution in [2.75, 3.05) is 26.2 Å². The molecule has 34 heavy (non-hydrogen) atoms. The molecule has 0 N–H and O–H groups in total. The summed E-state index contributed by atoms with van der Waals surface area (Å²) in [5.41, 5.74) is 3.52. The van der Waals surface area contributed by atoms with Crippen molar-refractivity contribution in [1.29, 1.82) is 0 Å². The van der Waals surface area contributed by atoms with Crippen LogP contribution in [0.4, 0.5) is 0 Å². The van der Waals surface area contributed by atoms with Crippen molar-refractivity contribution in [2.24, 2.45) is 0 Å². The summed E-state index contributed by atoms with van der Waals surface area (Å²) in [6, 6.07) is 11.7. The molecule has 2 aromatic heterocycles. The first-order chi connectivity index (χ1) is 16.4. The second-order valence-electron chi connectivity index (χ2n) is 8.72. The van der Waals surface area contributed by atoms with Gasteiger partial charge in [0.05, 0.1) is 25.8 Å². The van der Waals surface area contributed by atoms with Crippen molar-refractivity contribution in [3.8, 4) is 0 Å². The van der Waals surface area contributed by atoms with E-state index in [1.807, 2.05) is 35.8 Å². The summed E-state index contributed by atoms with van der Waals surface area (Å²) in [7, 11) is 0. The summed E-state index contributed by atoms with van der Waals surface area (Å²) in [5, 5.41) is 0.887. The molecule has 0 bridgehead atoms. The smallest absolute Gasteiger partial charge is 0.306 e. The lowest BCUT2D eigenvalue weighted by Crippen LogP contribution is -2.55. The van der Waals surface area contributed by atoms with Gasteiger partial charge >= 0.3 is 5.97 Å². The number of fused-ring (bicyclic) bond motifs is 1. The molecule has 8 nitrogen and oxygen atoms in total. The maximum absolute atomic E-state index is 13.6. The number of aromatic nitrogens is 1. The zero-order chi connectivity index (χ0) is 24.2. The Labute approximate surface area is 199 Å². The van der Waals surface area contributed by atoms with Crippen LogP contribution in [-0.2, 0) is 20.9 Å². The number of piperazine rings is 1. The van der Waals surface area contributed by atoms with Gasteiger partial charge in [-0.15, -0.1) is 0 Å². The van der Waals surface area contributed by atoms with Crippen LogP contribution in [-0.4, -0.2) is 64.4 Å². The maximum atomic E-state index is 13.6. The number of rotatable bonds is 7. The first-order valence-electron chi connectivity index (χ1n) is 11.7. The van der Waals surface area contributed by atoms with E-state index in [-0.39, 0.29) is 36.7 Å². The highest BCUT2D eigenvalue weighted by Crippen LogP contribution is 2.25. The summed E-state index contributed by atoms with van der Waals surface area (Å²) in [6.45, 7) is 7.87. The zero-order valence-electron chi connectivity index (χ0n) is 20.0. The minimum atomic E-state index is -0.365. The quantitative estimate of drug-likeness (QED) is 0.498. The Hall–Kier alpha value is -3.55. The monoisotopic (exact) mass is 465 g/mol. The van der Waals surface area contributed by atoms with E-state index in [0.717, 1.165) is 16.5 Å². The predicted octanol–water partition coefficient (Wildman–Crippen LogP) is 3.61. The highest BCUT2D eigenvalue weighted by molar-refractivity contribution is 5.98. The van der Waals surface area contributed by atoms with Gasteiger partial charge in [0, 0.05) is 37.5 Å². The predicted molar refractivity (Wildman–Crippen MR) is 127 cm³/mol. The number of carbonyl (C=O) groups excluding carboxylic acids is 3. The Morgan fingerprint density at radius 2 is 1.91 bits per heavy atom. The van der Waals surface area contributed by atoms with E-state index >= 15 is 0 Å². The van der Waals surface area contributed by atoms with Gasteiger partial charge in [0.1, 0.15) is 5.69 Å². The average Bonchev–Trinajstić information content (AvgIpc) is 3.41. The van der Waals surface area contributed by atoms with Crippen LogP contribution in [0.25, 0.3) is 11.1 Å². The van der Waals surface area contributed by atoms with Crippen LogP contribution >= 0.6 is 0 Å². The van der Waals surface area contributed by atoms with Crippen LogP contribution in [0, 0.1) is 6.92 Å². The van der Waals surface area contributed by atoms with Crippen molar-refractivity contribution in [1.82, 2.24) is 14.4 Å². The second-order valence-corrected chi connectivity index (χ2v) is 8.72. The summed E-state index contributed by atoms with van der Waals surface area (Å²) < 4.78 is 12.6. The minimum absolute atomic E-state index is 0.0734. The fourth-order valence-corrected chi connectivity index (χ4v) is 4.53. The zero-order valence-corrected chi connectivity index (χ0v) is 20.0. The molecule has 0 saturated carbocycles. The average molecular weight is 466 g/mol. The van der Waals surface area contributed by atoms with Crippen LogP contribution in [0.1, 0.15) is 48.3 Å². The molecular formula is C26H31N3O5. The highest BCUT2D eigenvalue weighted by atomic mass is 16.5. The summed E-state index contributed by atoms with van der Waals surface area (Å²) >= 11 is 0. The van der Waals surface area contributed by atoms with Crippen molar-refractivity contribution in [3.63, 3.8) is 0 Å².